The Morgan fingerprint density at radius 2 is 1.88 bits per heavy atom. The van der Waals surface area contributed by atoms with Crippen molar-refractivity contribution in [3.63, 3.8) is 0 Å². The monoisotopic (exact) mass is 572 g/mol. The number of carbonyl (C=O) groups is 2. The summed E-state index contributed by atoms with van der Waals surface area (Å²) in [4.78, 5) is 28.7. The van der Waals surface area contributed by atoms with Crippen LogP contribution >= 0.6 is 0 Å². The van der Waals surface area contributed by atoms with E-state index in [2.05, 4.69) is 28.8 Å². The molecular formula is C32H37FN6O3. The Morgan fingerprint density at radius 3 is 2.57 bits per heavy atom. The number of likely N-dealkylation sites (tertiary alicyclic amines) is 2. The molecule has 220 valence electrons. The van der Waals surface area contributed by atoms with Crippen molar-refractivity contribution in [1.82, 2.24) is 24.0 Å². The van der Waals surface area contributed by atoms with E-state index in [1.165, 1.54) is 28.8 Å². The number of pyridine rings is 1. The number of amides is 2. The molecule has 3 aromatic heterocycles. The van der Waals surface area contributed by atoms with Crippen molar-refractivity contribution < 1.29 is 18.7 Å². The van der Waals surface area contributed by atoms with E-state index in [4.69, 9.17) is 15.6 Å². The Kier molecular flexibility index (Phi) is 6.49. The highest BCUT2D eigenvalue weighted by molar-refractivity contribution is 5.96. The van der Waals surface area contributed by atoms with Gasteiger partial charge in [-0.2, -0.15) is 5.10 Å². The number of nitrogens with two attached hydrogens (primary N) is 1. The van der Waals surface area contributed by atoms with Crippen LogP contribution in [-0.2, 0) is 11.3 Å². The Labute approximate surface area is 244 Å². The standard InChI is InChI=1S/C32H37FN6O3/c1-18-29(35-39-15-22(10-28(42-3)30(18)39)32(41)37-16-24(33)11-25(34)17-37)27-9-21-5-4-6-26(23-13-36(14-23)19(2)40)31(21)38(27)12-20-7-8-20/h4-6,9-10,15,20,23-25H,7-8,11-14,16-17,34H2,1-3H3/t24-,25-/m1/s1. The fourth-order valence-corrected chi connectivity index (χ4v) is 6.79. The van der Waals surface area contributed by atoms with Crippen molar-refractivity contribution in [2.45, 2.75) is 57.8 Å². The lowest BCUT2D eigenvalue weighted by Crippen LogP contribution is -2.50. The average Bonchev–Trinajstić information content (AvgIpc) is 3.59. The summed E-state index contributed by atoms with van der Waals surface area (Å²) in [6.45, 7) is 6.41. The van der Waals surface area contributed by atoms with Gasteiger partial charge in [-0.1, -0.05) is 18.2 Å². The Hall–Kier alpha value is -3.92. The largest absolute Gasteiger partial charge is 0.494 e. The maximum Gasteiger partial charge on any atom is 0.255 e. The number of benzene rings is 1. The minimum Gasteiger partial charge on any atom is -0.494 e. The van der Waals surface area contributed by atoms with Crippen molar-refractivity contribution in [2.24, 2.45) is 11.7 Å². The molecule has 10 heteroatoms. The molecule has 1 aliphatic carbocycles. The van der Waals surface area contributed by atoms with E-state index < -0.39 is 6.17 Å². The highest BCUT2D eigenvalue weighted by Crippen LogP contribution is 2.41. The molecule has 3 aliphatic rings. The van der Waals surface area contributed by atoms with Crippen LogP contribution in [0, 0.1) is 12.8 Å². The third-order valence-corrected chi connectivity index (χ3v) is 9.21. The molecule has 9 nitrogen and oxygen atoms in total. The molecule has 42 heavy (non-hydrogen) atoms. The first-order chi connectivity index (χ1) is 20.2. The first-order valence-corrected chi connectivity index (χ1v) is 14.9. The van der Waals surface area contributed by atoms with Gasteiger partial charge in [0.25, 0.3) is 5.91 Å². The topological polar surface area (TPSA) is 98.1 Å². The molecule has 2 atom stereocenters. The highest BCUT2D eigenvalue weighted by atomic mass is 19.1. The van der Waals surface area contributed by atoms with Crippen LogP contribution < -0.4 is 10.5 Å². The van der Waals surface area contributed by atoms with Crippen LogP contribution in [0.5, 0.6) is 5.75 Å². The fourth-order valence-electron chi connectivity index (χ4n) is 6.79. The second kappa shape index (κ2) is 10.1. The summed E-state index contributed by atoms with van der Waals surface area (Å²) in [6, 6.07) is 10.0. The number of ether oxygens (including phenoxy) is 1. The van der Waals surface area contributed by atoms with Crippen LogP contribution in [0.2, 0.25) is 0 Å². The molecule has 2 saturated heterocycles. The second-order valence-electron chi connectivity index (χ2n) is 12.4. The third-order valence-electron chi connectivity index (χ3n) is 9.21. The quantitative estimate of drug-likeness (QED) is 0.375. The van der Waals surface area contributed by atoms with Gasteiger partial charge in [-0.3, -0.25) is 9.59 Å². The van der Waals surface area contributed by atoms with E-state index >= 15 is 0 Å². The van der Waals surface area contributed by atoms with Crippen molar-refractivity contribution in [1.29, 1.82) is 0 Å². The molecule has 1 saturated carbocycles. The number of hydrogen-bond acceptors (Lipinski definition) is 5. The number of carbonyl (C=O) groups excluding carboxylic acids is 2. The maximum atomic E-state index is 14.2. The highest BCUT2D eigenvalue weighted by Gasteiger charge is 2.34. The molecule has 0 bridgehead atoms. The molecule has 7 rings (SSSR count). The normalized spacial score (nSPS) is 21.3. The van der Waals surface area contributed by atoms with Crippen molar-refractivity contribution >= 4 is 28.2 Å². The number of piperidine rings is 1. The summed E-state index contributed by atoms with van der Waals surface area (Å²) >= 11 is 0. The molecule has 1 aromatic carbocycles. The van der Waals surface area contributed by atoms with Crippen LogP contribution in [0.4, 0.5) is 4.39 Å². The summed E-state index contributed by atoms with van der Waals surface area (Å²) < 4.78 is 24.2. The molecule has 0 spiro atoms. The van der Waals surface area contributed by atoms with Crippen molar-refractivity contribution in [2.75, 3.05) is 33.3 Å². The van der Waals surface area contributed by atoms with Gasteiger partial charge >= 0.3 is 0 Å². The number of para-hydroxylation sites is 1. The summed E-state index contributed by atoms with van der Waals surface area (Å²) in [5, 5.41) is 6.19. The molecule has 2 aliphatic heterocycles. The van der Waals surface area contributed by atoms with Gasteiger partial charge in [-0.15, -0.1) is 0 Å². The van der Waals surface area contributed by atoms with E-state index in [1.807, 2.05) is 11.8 Å². The first kappa shape index (κ1) is 26.9. The number of alkyl halides is 1. The van der Waals surface area contributed by atoms with Crippen molar-refractivity contribution in [3.05, 3.63) is 53.2 Å². The Morgan fingerprint density at radius 1 is 1.10 bits per heavy atom. The van der Waals surface area contributed by atoms with Gasteiger partial charge in [0.2, 0.25) is 5.91 Å². The number of aryl methyl sites for hydroxylation is 1. The fraction of sp³-hybridized carbons (Fsp3) is 0.469. The SMILES string of the molecule is COc1cc(C(=O)N2C[C@H](N)C[C@@H](F)C2)cn2nc(-c3cc4cccc(C5CN(C(C)=O)C5)c4n3CC3CC3)c(C)c12. The third kappa shape index (κ3) is 4.52. The van der Waals surface area contributed by atoms with Crippen molar-refractivity contribution in [3.8, 4) is 17.1 Å². The number of aromatic nitrogens is 3. The zero-order valence-corrected chi connectivity index (χ0v) is 24.3. The molecular weight excluding hydrogens is 535 g/mol. The number of fused-ring (bicyclic) bond motifs is 2. The number of hydrogen-bond donors (Lipinski definition) is 1. The van der Waals surface area contributed by atoms with Gasteiger partial charge in [-0.05, 0) is 49.8 Å². The van der Waals surface area contributed by atoms with Gasteiger partial charge in [0.1, 0.15) is 23.1 Å². The molecule has 0 radical (unpaired) electrons. The van der Waals surface area contributed by atoms with E-state index in [9.17, 15) is 14.0 Å². The molecule has 4 aromatic rings. The number of nitrogens with zero attached hydrogens (tertiary/aromatic N) is 5. The van der Waals surface area contributed by atoms with E-state index in [0.717, 1.165) is 47.5 Å². The van der Waals surface area contributed by atoms with Crippen LogP contribution in [0.15, 0.2) is 36.5 Å². The molecule has 0 unspecified atom stereocenters. The number of halogens is 1. The molecule has 2 N–H and O–H groups in total. The molecule has 5 heterocycles. The van der Waals surface area contributed by atoms with Gasteiger partial charge in [0, 0.05) is 62.2 Å². The van der Waals surface area contributed by atoms with E-state index in [1.54, 1.807) is 30.8 Å². The van der Waals surface area contributed by atoms with Crippen LogP contribution in [0.1, 0.15) is 53.6 Å². The Balaban J connectivity index is 1.33. The van der Waals surface area contributed by atoms with E-state index in [0.29, 0.717) is 29.7 Å². The van der Waals surface area contributed by atoms with Gasteiger partial charge in [-0.25, -0.2) is 8.91 Å². The zero-order chi connectivity index (χ0) is 29.3. The number of rotatable bonds is 6. The lowest BCUT2D eigenvalue weighted by molar-refractivity contribution is -0.133. The predicted molar refractivity (Wildman–Crippen MR) is 159 cm³/mol. The van der Waals surface area contributed by atoms with Crippen LogP contribution in [0.25, 0.3) is 27.8 Å². The van der Waals surface area contributed by atoms with Gasteiger partial charge in [0.15, 0.2) is 0 Å². The van der Waals surface area contributed by atoms with Gasteiger partial charge in [0.05, 0.1) is 30.4 Å². The summed E-state index contributed by atoms with van der Waals surface area (Å²) in [6.07, 6.45) is 3.28. The molecule has 2 amide bonds. The second-order valence-corrected chi connectivity index (χ2v) is 12.4. The molecule has 3 fully saturated rings. The van der Waals surface area contributed by atoms with Crippen LogP contribution in [-0.4, -0.2) is 81.3 Å². The first-order valence-electron chi connectivity index (χ1n) is 14.9. The lowest BCUT2D eigenvalue weighted by atomic mass is 9.90. The number of methoxy groups -OCH3 is 1. The average molecular weight is 573 g/mol. The van der Waals surface area contributed by atoms with Gasteiger partial charge < -0.3 is 24.8 Å². The minimum absolute atomic E-state index is 0.0328. The predicted octanol–water partition coefficient (Wildman–Crippen LogP) is 4.14. The Bertz CT molecular complexity index is 1710. The summed E-state index contributed by atoms with van der Waals surface area (Å²) in [7, 11) is 1.59. The lowest BCUT2D eigenvalue weighted by Gasteiger charge is -2.39. The smallest absolute Gasteiger partial charge is 0.255 e. The zero-order valence-electron chi connectivity index (χ0n) is 24.3. The van der Waals surface area contributed by atoms with E-state index in [-0.39, 0.29) is 30.8 Å². The van der Waals surface area contributed by atoms with Crippen LogP contribution in [0.3, 0.4) is 0 Å². The summed E-state index contributed by atoms with van der Waals surface area (Å²) in [5.74, 6) is 1.32. The maximum absolute atomic E-state index is 14.2. The summed E-state index contributed by atoms with van der Waals surface area (Å²) in [5.41, 5.74) is 12.5. The minimum atomic E-state index is -1.13.